The average molecular weight is 553 g/mol. The molecule has 1 aromatic carbocycles. The number of aromatic nitrogens is 1. The van der Waals surface area contributed by atoms with Gasteiger partial charge in [-0.25, -0.2) is 9.98 Å². The van der Waals surface area contributed by atoms with Gasteiger partial charge in [0, 0.05) is 44.5 Å². The predicted molar refractivity (Wildman–Crippen MR) is 143 cm³/mol. The Morgan fingerprint density at radius 1 is 1.12 bits per heavy atom. The van der Waals surface area contributed by atoms with E-state index in [0.717, 1.165) is 61.4 Å². The number of nitrogens with one attached hydrogen (secondary N) is 2. The van der Waals surface area contributed by atoms with E-state index in [2.05, 4.69) is 65.4 Å². The summed E-state index contributed by atoms with van der Waals surface area (Å²) >= 11 is 0. The van der Waals surface area contributed by atoms with Gasteiger partial charge in [0.25, 0.3) is 0 Å². The lowest BCUT2D eigenvalue weighted by Gasteiger charge is -2.34. The van der Waals surface area contributed by atoms with E-state index < -0.39 is 0 Å². The van der Waals surface area contributed by atoms with E-state index in [9.17, 15) is 0 Å². The van der Waals surface area contributed by atoms with Gasteiger partial charge in [-0.2, -0.15) is 0 Å². The summed E-state index contributed by atoms with van der Waals surface area (Å²) in [6.45, 7) is 12.4. The largest absolute Gasteiger partial charge is 0.489 e. The van der Waals surface area contributed by atoms with Gasteiger partial charge in [0.2, 0.25) is 0 Å². The minimum atomic E-state index is 0. The van der Waals surface area contributed by atoms with Crippen molar-refractivity contribution in [3.63, 3.8) is 0 Å². The second kappa shape index (κ2) is 13.5. The third kappa shape index (κ3) is 7.81. The number of rotatable bonds is 8. The standard InChI is InChI=1S/C24H36N6O.HI/c1-5-25-24(27-17-20(3)31-22-11-7-6-9-19(22)2)28-18-21-10-8-12-26-23(21)30-15-13-29(4)14-16-30;/h6-12,20H,5,13-18H2,1-4H3,(H2,25,27,28);1H. The van der Waals surface area contributed by atoms with Crippen molar-refractivity contribution in [2.75, 3.05) is 51.2 Å². The Balaban J connectivity index is 0.00000363. The van der Waals surface area contributed by atoms with Crippen LogP contribution in [0.3, 0.4) is 0 Å². The summed E-state index contributed by atoms with van der Waals surface area (Å²) in [7, 11) is 2.17. The normalized spacial score (nSPS) is 15.6. The van der Waals surface area contributed by atoms with Crippen molar-refractivity contribution >= 4 is 35.8 Å². The second-order valence-electron chi connectivity index (χ2n) is 8.05. The Labute approximate surface area is 209 Å². The van der Waals surface area contributed by atoms with E-state index in [1.54, 1.807) is 0 Å². The van der Waals surface area contributed by atoms with Crippen LogP contribution in [0.2, 0.25) is 0 Å². The quantitative estimate of drug-likeness (QED) is 0.298. The number of halogens is 1. The number of piperazine rings is 1. The van der Waals surface area contributed by atoms with Crippen LogP contribution in [0.5, 0.6) is 5.75 Å². The van der Waals surface area contributed by atoms with Gasteiger partial charge in [-0.15, -0.1) is 24.0 Å². The highest BCUT2D eigenvalue weighted by molar-refractivity contribution is 14.0. The number of likely N-dealkylation sites (N-methyl/N-ethyl adjacent to an activating group) is 1. The first kappa shape index (κ1) is 26.2. The first-order valence-electron chi connectivity index (χ1n) is 11.2. The molecule has 176 valence electrons. The molecule has 1 aliphatic rings. The van der Waals surface area contributed by atoms with E-state index in [1.807, 2.05) is 30.5 Å². The van der Waals surface area contributed by atoms with E-state index in [0.29, 0.717) is 13.1 Å². The Hall–Kier alpha value is -2.07. The number of anilines is 1. The SMILES string of the molecule is CCNC(=NCc1cccnc1N1CCN(C)CC1)NCC(C)Oc1ccccc1C.I. The molecule has 1 saturated heterocycles. The second-order valence-corrected chi connectivity index (χ2v) is 8.05. The highest BCUT2D eigenvalue weighted by Crippen LogP contribution is 2.20. The summed E-state index contributed by atoms with van der Waals surface area (Å²) in [5.41, 5.74) is 2.29. The molecule has 3 rings (SSSR count). The van der Waals surface area contributed by atoms with Crippen LogP contribution in [0.15, 0.2) is 47.6 Å². The molecule has 0 aliphatic carbocycles. The topological polar surface area (TPSA) is 65.0 Å². The van der Waals surface area contributed by atoms with Crippen molar-refractivity contribution in [1.29, 1.82) is 0 Å². The Morgan fingerprint density at radius 2 is 1.88 bits per heavy atom. The van der Waals surface area contributed by atoms with E-state index in [1.165, 1.54) is 0 Å². The average Bonchev–Trinajstić information content (AvgIpc) is 2.78. The molecule has 1 aromatic heterocycles. The molecule has 0 amide bonds. The number of ether oxygens (including phenoxy) is 1. The van der Waals surface area contributed by atoms with Crippen molar-refractivity contribution < 1.29 is 4.74 Å². The fraction of sp³-hybridized carbons (Fsp3) is 0.500. The maximum atomic E-state index is 6.08. The Morgan fingerprint density at radius 3 is 2.59 bits per heavy atom. The molecule has 1 fully saturated rings. The minimum Gasteiger partial charge on any atom is -0.489 e. The van der Waals surface area contributed by atoms with Crippen molar-refractivity contribution in [2.45, 2.75) is 33.4 Å². The van der Waals surface area contributed by atoms with Gasteiger partial charge in [0.1, 0.15) is 17.7 Å². The van der Waals surface area contributed by atoms with Crippen LogP contribution in [0, 0.1) is 6.92 Å². The van der Waals surface area contributed by atoms with Crippen LogP contribution in [0.4, 0.5) is 5.82 Å². The molecule has 8 heteroatoms. The molecule has 2 N–H and O–H groups in total. The number of benzene rings is 1. The molecule has 0 spiro atoms. The lowest BCUT2D eigenvalue weighted by molar-refractivity contribution is 0.222. The van der Waals surface area contributed by atoms with Gasteiger partial charge in [0.15, 0.2) is 5.96 Å². The van der Waals surface area contributed by atoms with E-state index in [-0.39, 0.29) is 30.1 Å². The fourth-order valence-electron chi connectivity index (χ4n) is 3.55. The van der Waals surface area contributed by atoms with Crippen molar-refractivity contribution in [3.05, 3.63) is 53.7 Å². The van der Waals surface area contributed by atoms with Gasteiger partial charge < -0.3 is 25.2 Å². The zero-order valence-electron chi connectivity index (χ0n) is 19.7. The number of nitrogens with zero attached hydrogens (tertiary/aromatic N) is 4. The fourth-order valence-corrected chi connectivity index (χ4v) is 3.55. The third-order valence-corrected chi connectivity index (χ3v) is 5.40. The number of guanidine groups is 1. The summed E-state index contributed by atoms with van der Waals surface area (Å²) in [5, 5.41) is 6.74. The number of aliphatic imine (C=N–C) groups is 1. The molecule has 2 aromatic rings. The molecule has 2 heterocycles. The van der Waals surface area contributed by atoms with Crippen molar-refractivity contribution in [2.24, 2.45) is 4.99 Å². The maximum absolute atomic E-state index is 6.08. The zero-order valence-corrected chi connectivity index (χ0v) is 22.0. The summed E-state index contributed by atoms with van der Waals surface area (Å²) in [4.78, 5) is 14.2. The van der Waals surface area contributed by atoms with Gasteiger partial charge in [-0.1, -0.05) is 24.3 Å². The first-order valence-corrected chi connectivity index (χ1v) is 11.2. The van der Waals surface area contributed by atoms with Crippen LogP contribution >= 0.6 is 24.0 Å². The molecule has 0 bridgehead atoms. The van der Waals surface area contributed by atoms with Gasteiger partial charge in [-0.05, 0) is 45.5 Å². The maximum Gasteiger partial charge on any atom is 0.191 e. The van der Waals surface area contributed by atoms with E-state index in [4.69, 9.17) is 9.73 Å². The van der Waals surface area contributed by atoms with Crippen LogP contribution < -0.4 is 20.3 Å². The molecule has 1 unspecified atom stereocenters. The Kier molecular flexibility index (Phi) is 11.0. The van der Waals surface area contributed by atoms with Crippen LogP contribution in [-0.4, -0.2) is 68.3 Å². The van der Waals surface area contributed by atoms with Gasteiger partial charge >= 0.3 is 0 Å². The molecule has 32 heavy (non-hydrogen) atoms. The molecule has 1 atom stereocenters. The monoisotopic (exact) mass is 552 g/mol. The lowest BCUT2D eigenvalue weighted by atomic mass is 10.2. The minimum absolute atomic E-state index is 0. The number of aryl methyl sites for hydroxylation is 1. The van der Waals surface area contributed by atoms with Crippen molar-refractivity contribution in [3.8, 4) is 5.75 Å². The molecular weight excluding hydrogens is 515 g/mol. The molecule has 0 saturated carbocycles. The van der Waals surface area contributed by atoms with Gasteiger partial charge in [-0.3, -0.25) is 0 Å². The lowest BCUT2D eigenvalue weighted by Crippen LogP contribution is -2.45. The highest BCUT2D eigenvalue weighted by atomic mass is 127. The van der Waals surface area contributed by atoms with Crippen molar-refractivity contribution in [1.82, 2.24) is 20.5 Å². The Bertz CT molecular complexity index is 854. The first-order chi connectivity index (χ1) is 15.1. The third-order valence-electron chi connectivity index (χ3n) is 5.40. The molecule has 7 nitrogen and oxygen atoms in total. The smallest absolute Gasteiger partial charge is 0.191 e. The highest BCUT2D eigenvalue weighted by Gasteiger charge is 2.18. The molecule has 0 radical (unpaired) electrons. The van der Waals surface area contributed by atoms with Crippen LogP contribution in [0.25, 0.3) is 0 Å². The van der Waals surface area contributed by atoms with Crippen LogP contribution in [-0.2, 0) is 6.54 Å². The summed E-state index contributed by atoms with van der Waals surface area (Å²) in [6, 6.07) is 12.2. The predicted octanol–water partition coefficient (Wildman–Crippen LogP) is 3.28. The van der Waals surface area contributed by atoms with Gasteiger partial charge in [0.05, 0.1) is 13.1 Å². The summed E-state index contributed by atoms with van der Waals surface area (Å²) < 4.78 is 6.08. The van der Waals surface area contributed by atoms with E-state index >= 15 is 0 Å². The molecule has 1 aliphatic heterocycles. The zero-order chi connectivity index (χ0) is 22.1. The molecular formula is C24H37IN6O. The summed E-state index contributed by atoms with van der Waals surface area (Å²) in [5.74, 6) is 2.76. The van der Waals surface area contributed by atoms with Crippen LogP contribution in [0.1, 0.15) is 25.0 Å². The number of pyridine rings is 1. The summed E-state index contributed by atoms with van der Waals surface area (Å²) in [6.07, 6.45) is 1.89. The number of hydrogen-bond donors (Lipinski definition) is 2. The number of para-hydroxylation sites is 1. The number of hydrogen-bond acceptors (Lipinski definition) is 5.